The predicted octanol–water partition coefficient (Wildman–Crippen LogP) is 2.14. The lowest BCUT2D eigenvalue weighted by Gasteiger charge is -2.15. The van der Waals surface area contributed by atoms with Crippen LogP contribution in [0.15, 0.2) is 54.6 Å². The maximum absolute atomic E-state index is 11.3. The predicted molar refractivity (Wildman–Crippen MR) is 76.5 cm³/mol. The first-order chi connectivity index (χ1) is 10.2. The first-order valence-corrected chi connectivity index (χ1v) is 6.39. The third-order valence-corrected chi connectivity index (χ3v) is 2.90. The van der Waals surface area contributed by atoms with Crippen LogP contribution in [0.4, 0.5) is 0 Å². The van der Waals surface area contributed by atoms with Crippen molar-refractivity contribution in [3.63, 3.8) is 0 Å². The summed E-state index contributed by atoms with van der Waals surface area (Å²) in [4.78, 5) is 16.5. The highest BCUT2D eigenvalue weighted by Crippen LogP contribution is 2.16. The van der Waals surface area contributed by atoms with Crippen molar-refractivity contribution in [1.29, 1.82) is 5.26 Å². The minimum absolute atomic E-state index is 0.283. The van der Waals surface area contributed by atoms with Gasteiger partial charge in [-0.25, -0.2) is 0 Å². The van der Waals surface area contributed by atoms with Crippen molar-refractivity contribution >= 4 is 5.97 Å². The first kappa shape index (κ1) is 14.6. The van der Waals surface area contributed by atoms with Gasteiger partial charge in [0.1, 0.15) is 12.1 Å². The van der Waals surface area contributed by atoms with Crippen LogP contribution in [-0.2, 0) is 11.2 Å². The molecule has 0 saturated carbocycles. The number of para-hydroxylation sites is 1. The molecule has 2 rings (SSSR count). The molecule has 0 heterocycles. The highest BCUT2D eigenvalue weighted by Gasteiger charge is 2.19. The molecule has 5 heteroatoms. The summed E-state index contributed by atoms with van der Waals surface area (Å²) in [6.45, 7) is 0. The normalized spacial score (nSPS) is 11.4. The Balaban J connectivity index is 2.04. The van der Waals surface area contributed by atoms with Crippen molar-refractivity contribution < 1.29 is 14.7 Å². The van der Waals surface area contributed by atoms with E-state index in [1.807, 2.05) is 36.4 Å². The van der Waals surface area contributed by atoms with Crippen molar-refractivity contribution in [1.82, 2.24) is 5.48 Å². The van der Waals surface area contributed by atoms with E-state index in [1.54, 1.807) is 24.3 Å². The smallest absolute Gasteiger partial charge is 0.324 e. The van der Waals surface area contributed by atoms with Crippen LogP contribution >= 0.6 is 0 Å². The van der Waals surface area contributed by atoms with Crippen LogP contribution in [0, 0.1) is 11.3 Å². The zero-order chi connectivity index (χ0) is 15.1. The molecule has 2 aromatic carbocycles. The van der Waals surface area contributed by atoms with E-state index in [9.17, 15) is 9.90 Å². The van der Waals surface area contributed by atoms with Gasteiger partial charge in [-0.15, -0.1) is 5.48 Å². The number of hydrogen-bond acceptors (Lipinski definition) is 4. The van der Waals surface area contributed by atoms with Crippen molar-refractivity contribution in [2.45, 2.75) is 12.5 Å². The second-order valence-electron chi connectivity index (χ2n) is 4.41. The Morgan fingerprint density at radius 2 is 1.86 bits per heavy atom. The van der Waals surface area contributed by atoms with Gasteiger partial charge in [0.2, 0.25) is 0 Å². The Morgan fingerprint density at radius 3 is 2.52 bits per heavy atom. The minimum atomic E-state index is -1.02. The maximum atomic E-state index is 11.3. The van der Waals surface area contributed by atoms with Gasteiger partial charge in [0.15, 0.2) is 5.75 Å². The standard InChI is InChI=1S/C16H14N2O3/c17-11-13-8-4-5-9-15(13)21-18-14(16(19)20)10-12-6-2-1-3-7-12/h1-9,14,18H,10H2,(H,19,20)/t14-/m0/s1. The number of aliphatic carboxylic acids is 1. The molecule has 0 aliphatic heterocycles. The van der Waals surface area contributed by atoms with Gasteiger partial charge in [0, 0.05) is 6.42 Å². The highest BCUT2D eigenvalue weighted by molar-refractivity contribution is 5.73. The van der Waals surface area contributed by atoms with Gasteiger partial charge >= 0.3 is 5.97 Å². The minimum Gasteiger partial charge on any atom is -0.480 e. The average molecular weight is 282 g/mol. The van der Waals surface area contributed by atoms with Crippen LogP contribution in [-0.4, -0.2) is 17.1 Å². The third kappa shape index (κ3) is 4.06. The molecule has 2 N–H and O–H groups in total. The number of hydrogen-bond donors (Lipinski definition) is 2. The van der Waals surface area contributed by atoms with Gasteiger partial charge in [0.05, 0.1) is 5.56 Å². The van der Waals surface area contributed by atoms with E-state index < -0.39 is 12.0 Å². The number of benzene rings is 2. The summed E-state index contributed by atoms with van der Waals surface area (Å²) in [5, 5.41) is 18.2. The molecule has 1 atom stereocenters. The Labute approximate surface area is 122 Å². The number of carboxylic acid groups (broad SMARTS) is 1. The molecule has 0 radical (unpaired) electrons. The summed E-state index contributed by atoms with van der Waals surface area (Å²) < 4.78 is 0. The molecular weight excluding hydrogens is 268 g/mol. The van der Waals surface area contributed by atoms with E-state index in [4.69, 9.17) is 10.1 Å². The number of rotatable bonds is 6. The molecule has 0 saturated heterocycles. The van der Waals surface area contributed by atoms with E-state index in [-0.39, 0.29) is 6.42 Å². The van der Waals surface area contributed by atoms with Crippen LogP contribution in [0.2, 0.25) is 0 Å². The van der Waals surface area contributed by atoms with Crippen LogP contribution < -0.4 is 10.3 Å². The van der Waals surface area contributed by atoms with E-state index in [1.165, 1.54) is 0 Å². The SMILES string of the molecule is N#Cc1ccccc1ON[C@@H](Cc1ccccc1)C(=O)O. The Morgan fingerprint density at radius 1 is 1.19 bits per heavy atom. The second-order valence-corrected chi connectivity index (χ2v) is 4.41. The summed E-state index contributed by atoms with van der Waals surface area (Å²) in [5.74, 6) is -0.715. The number of carbonyl (C=O) groups is 1. The quantitative estimate of drug-likeness (QED) is 0.793. The number of nitrogens with one attached hydrogen (secondary N) is 1. The molecule has 0 unspecified atom stereocenters. The lowest BCUT2D eigenvalue weighted by Crippen LogP contribution is -2.40. The Bertz CT molecular complexity index is 650. The number of carboxylic acids is 1. The van der Waals surface area contributed by atoms with Crippen molar-refractivity contribution in [2.75, 3.05) is 0 Å². The molecule has 0 amide bonds. The van der Waals surface area contributed by atoms with Gasteiger partial charge in [-0.1, -0.05) is 42.5 Å². The van der Waals surface area contributed by atoms with E-state index in [0.717, 1.165) is 5.56 Å². The third-order valence-electron chi connectivity index (χ3n) is 2.90. The molecule has 5 nitrogen and oxygen atoms in total. The van der Waals surface area contributed by atoms with Crippen molar-refractivity contribution in [3.05, 3.63) is 65.7 Å². The monoisotopic (exact) mass is 282 g/mol. The summed E-state index contributed by atoms with van der Waals surface area (Å²) in [5.41, 5.74) is 3.73. The number of hydroxylamine groups is 1. The van der Waals surface area contributed by atoms with Crippen LogP contribution in [0.1, 0.15) is 11.1 Å². The average Bonchev–Trinajstić information content (AvgIpc) is 2.52. The fourth-order valence-electron chi connectivity index (χ4n) is 1.81. The molecule has 0 bridgehead atoms. The zero-order valence-electron chi connectivity index (χ0n) is 11.2. The van der Waals surface area contributed by atoms with Crippen LogP contribution in [0.3, 0.4) is 0 Å². The topological polar surface area (TPSA) is 82.3 Å². The zero-order valence-corrected chi connectivity index (χ0v) is 11.2. The van der Waals surface area contributed by atoms with Crippen molar-refractivity contribution in [3.8, 4) is 11.8 Å². The van der Waals surface area contributed by atoms with Gasteiger partial charge in [-0.3, -0.25) is 4.79 Å². The summed E-state index contributed by atoms with van der Waals surface area (Å²) in [6, 6.07) is 17.0. The second kappa shape index (κ2) is 7.08. The first-order valence-electron chi connectivity index (χ1n) is 6.39. The molecule has 0 aliphatic carbocycles. The van der Waals surface area contributed by atoms with E-state index >= 15 is 0 Å². The molecular formula is C16H14N2O3. The largest absolute Gasteiger partial charge is 0.480 e. The highest BCUT2D eigenvalue weighted by atomic mass is 16.6. The van der Waals surface area contributed by atoms with E-state index in [0.29, 0.717) is 11.3 Å². The van der Waals surface area contributed by atoms with Gasteiger partial charge in [-0.05, 0) is 17.7 Å². The fraction of sp³-hybridized carbons (Fsp3) is 0.125. The summed E-state index contributed by atoms with van der Waals surface area (Å²) in [7, 11) is 0. The molecule has 21 heavy (non-hydrogen) atoms. The van der Waals surface area contributed by atoms with Gasteiger partial charge in [0.25, 0.3) is 0 Å². The molecule has 0 aliphatic rings. The van der Waals surface area contributed by atoms with Crippen LogP contribution in [0.5, 0.6) is 5.75 Å². The Kier molecular flexibility index (Phi) is 4.91. The lowest BCUT2D eigenvalue weighted by atomic mass is 10.1. The summed E-state index contributed by atoms with van der Waals surface area (Å²) >= 11 is 0. The molecule has 0 fully saturated rings. The van der Waals surface area contributed by atoms with Crippen molar-refractivity contribution in [2.24, 2.45) is 0 Å². The number of nitriles is 1. The van der Waals surface area contributed by atoms with E-state index in [2.05, 4.69) is 5.48 Å². The number of nitrogens with zero attached hydrogens (tertiary/aromatic N) is 1. The van der Waals surface area contributed by atoms with Gasteiger partial charge in [-0.2, -0.15) is 5.26 Å². The Hall–Kier alpha value is -2.84. The molecule has 0 spiro atoms. The van der Waals surface area contributed by atoms with Gasteiger partial charge < -0.3 is 9.94 Å². The molecule has 2 aromatic rings. The van der Waals surface area contributed by atoms with Crippen LogP contribution in [0.25, 0.3) is 0 Å². The maximum Gasteiger partial charge on any atom is 0.324 e. The lowest BCUT2D eigenvalue weighted by molar-refractivity contribution is -0.141. The molecule has 0 aromatic heterocycles. The summed E-state index contributed by atoms with van der Waals surface area (Å²) in [6.07, 6.45) is 0.283. The fourth-order valence-corrected chi connectivity index (χ4v) is 1.81. The molecule has 106 valence electrons.